The summed E-state index contributed by atoms with van der Waals surface area (Å²) in [4.78, 5) is 20.9. The van der Waals surface area contributed by atoms with Gasteiger partial charge in [0.05, 0.1) is 14.5 Å². The molecule has 1 aliphatic rings. The normalized spacial score (nSPS) is 14.4. The molecule has 2 N–H and O–H groups in total. The molecule has 5 nitrogen and oxygen atoms in total. The first kappa shape index (κ1) is 16.9. The second-order valence-corrected chi connectivity index (χ2v) is 7.42. The molecule has 2 aromatic heterocycles. The molecule has 0 spiro atoms. The Morgan fingerprint density at radius 1 is 1.08 bits per heavy atom. The minimum Gasteiger partial charge on any atom is -0.506 e. The number of nitrogens with one attached hydrogen (secondary N) is 1. The minimum atomic E-state index is -0.212. The Morgan fingerprint density at radius 2 is 1.85 bits per heavy atom. The number of hydrogen-bond acceptors (Lipinski definition) is 4. The fourth-order valence-electron chi connectivity index (χ4n) is 2.74. The Kier molecular flexibility index (Phi) is 4.34. The molecule has 0 saturated carbocycles. The van der Waals surface area contributed by atoms with Crippen molar-refractivity contribution in [2.45, 2.75) is 0 Å². The Labute approximate surface area is 166 Å². The van der Waals surface area contributed by atoms with Gasteiger partial charge in [-0.15, -0.1) is 0 Å². The molecule has 1 aliphatic heterocycles. The maximum Gasteiger partial charge on any atom is 0.257 e. The zero-order valence-corrected chi connectivity index (χ0v) is 16.4. The van der Waals surface area contributed by atoms with Gasteiger partial charge in [-0.3, -0.25) is 9.78 Å². The zero-order valence-electron chi connectivity index (χ0n) is 13.2. The van der Waals surface area contributed by atoms with Crippen molar-refractivity contribution in [2.24, 2.45) is 0 Å². The highest BCUT2D eigenvalue weighted by atomic mass is 79.9. The number of pyridine rings is 2. The van der Waals surface area contributed by atoms with E-state index in [9.17, 15) is 9.90 Å². The summed E-state index contributed by atoms with van der Waals surface area (Å²) in [7, 11) is 0. The third-order valence-corrected chi connectivity index (χ3v) is 5.21. The van der Waals surface area contributed by atoms with Crippen LogP contribution in [0.5, 0.6) is 5.75 Å². The monoisotopic (exact) mass is 471 g/mol. The second kappa shape index (κ2) is 6.66. The summed E-state index contributed by atoms with van der Waals surface area (Å²) in [6.45, 7) is 0. The number of rotatable bonds is 2. The molecule has 26 heavy (non-hydrogen) atoms. The lowest BCUT2D eigenvalue weighted by atomic mass is 10.0. The van der Waals surface area contributed by atoms with Gasteiger partial charge < -0.3 is 10.4 Å². The van der Waals surface area contributed by atoms with Crippen molar-refractivity contribution < 1.29 is 9.90 Å². The summed E-state index contributed by atoms with van der Waals surface area (Å²) < 4.78 is 1.08. The van der Waals surface area contributed by atoms with Crippen molar-refractivity contribution in [3.05, 3.63) is 69.0 Å². The number of amides is 1. The predicted octanol–water partition coefficient (Wildman–Crippen LogP) is 4.87. The fraction of sp³-hybridized carbons (Fsp3) is 0. The van der Waals surface area contributed by atoms with E-state index in [4.69, 9.17) is 0 Å². The maximum absolute atomic E-state index is 12.4. The van der Waals surface area contributed by atoms with Crippen LogP contribution < -0.4 is 5.32 Å². The molecular weight excluding hydrogens is 462 g/mol. The molecule has 0 atom stereocenters. The molecule has 0 fully saturated rings. The van der Waals surface area contributed by atoms with Gasteiger partial charge in [0.2, 0.25) is 0 Å². The van der Waals surface area contributed by atoms with E-state index in [-0.39, 0.29) is 11.7 Å². The highest BCUT2D eigenvalue weighted by Gasteiger charge is 2.26. The van der Waals surface area contributed by atoms with Crippen LogP contribution >= 0.6 is 31.9 Å². The number of carbonyl (C=O) groups is 1. The Morgan fingerprint density at radius 3 is 2.54 bits per heavy atom. The third kappa shape index (κ3) is 3.04. The Bertz CT molecular complexity index is 1040. The van der Waals surface area contributed by atoms with Gasteiger partial charge in [-0.2, -0.15) is 0 Å². The highest BCUT2D eigenvalue weighted by molar-refractivity contribution is 9.11. The van der Waals surface area contributed by atoms with Gasteiger partial charge in [0, 0.05) is 35.3 Å². The molecule has 128 valence electrons. The van der Waals surface area contributed by atoms with Crippen LogP contribution in [0.1, 0.15) is 11.1 Å². The summed E-state index contributed by atoms with van der Waals surface area (Å²) in [6.07, 6.45) is 6.95. The molecule has 7 heteroatoms. The van der Waals surface area contributed by atoms with Crippen LogP contribution in [0.2, 0.25) is 0 Å². The van der Waals surface area contributed by atoms with Crippen molar-refractivity contribution in [1.82, 2.24) is 9.97 Å². The number of aromatic nitrogens is 2. The molecular formula is C19H11Br2N3O2. The van der Waals surface area contributed by atoms with Gasteiger partial charge in [0.15, 0.2) is 0 Å². The zero-order chi connectivity index (χ0) is 18.3. The molecule has 3 heterocycles. The summed E-state index contributed by atoms with van der Waals surface area (Å²) in [5, 5.41) is 12.6. The van der Waals surface area contributed by atoms with Crippen LogP contribution in [-0.4, -0.2) is 21.0 Å². The van der Waals surface area contributed by atoms with Crippen LogP contribution in [-0.2, 0) is 4.79 Å². The number of benzene rings is 1. The molecule has 1 amide bonds. The van der Waals surface area contributed by atoms with E-state index in [0.29, 0.717) is 20.3 Å². The smallest absolute Gasteiger partial charge is 0.257 e. The molecule has 0 saturated heterocycles. The van der Waals surface area contributed by atoms with E-state index in [2.05, 4.69) is 47.1 Å². The average molecular weight is 473 g/mol. The second-order valence-electron chi connectivity index (χ2n) is 5.71. The van der Waals surface area contributed by atoms with E-state index >= 15 is 0 Å². The molecule has 0 radical (unpaired) electrons. The van der Waals surface area contributed by atoms with Gasteiger partial charge in [-0.1, -0.05) is 6.07 Å². The van der Waals surface area contributed by atoms with Crippen molar-refractivity contribution in [3.63, 3.8) is 0 Å². The number of phenolic OH excluding ortho intramolecular Hbond substituents is 1. The van der Waals surface area contributed by atoms with Gasteiger partial charge >= 0.3 is 0 Å². The maximum atomic E-state index is 12.4. The van der Waals surface area contributed by atoms with Crippen molar-refractivity contribution in [2.75, 3.05) is 5.32 Å². The highest BCUT2D eigenvalue weighted by Crippen LogP contribution is 2.37. The Balaban J connectivity index is 1.82. The molecule has 4 rings (SSSR count). The number of phenols is 1. The van der Waals surface area contributed by atoms with Crippen molar-refractivity contribution >= 4 is 55.2 Å². The Hall–Kier alpha value is -2.51. The lowest BCUT2D eigenvalue weighted by Gasteiger charge is -2.05. The summed E-state index contributed by atoms with van der Waals surface area (Å²) in [6, 6.07) is 9.22. The number of fused-ring (bicyclic) bond motifs is 1. The lowest BCUT2D eigenvalue weighted by Crippen LogP contribution is -2.04. The number of nitrogens with zero attached hydrogens (tertiary/aromatic N) is 2. The SMILES string of the molecule is O=C1Nc2ncc(-c3cccnc3)cc2/C1=C\c1cc(Br)c(O)c(Br)c1. The lowest BCUT2D eigenvalue weighted by molar-refractivity contribution is -0.110. The summed E-state index contributed by atoms with van der Waals surface area (Å²) in [5.41, 5.74) is 3.83. The number of halogens is 2. The first-order chi connectivity index (χ1) is 12.5. The predicted molar refractivity (Wildman–Crippen MR) is 107 cm³/mol. The van der Waals surface area contributed by atoms with Gasteiger partial charge in [0.25, 0.3) is 5.91 Å². The van der Waals surface area contributed by atoms with Gasteiger partial charge in [0.1, 0.15) is 11.6 Å². The van der Waals surface area contributed by atoms with E-state index in [0.717, 1.165) is 22.3 Å². The molecule has 1 aromatic carbocycles. The number of hydrogen-bond donors (Lipinski definition) is 2. The summed E-state index contributed by atoms with van der Waals surface area (Å²) >= 11 is 6.61. The molecule has 3 aromatic rings. The standard InChI is InChI=1S/C19H11Br2N3O2/c20-15-5-10(6-16(21)17(15)25)4-14-13-7-12(11-2-1-3-22-8-11)9-23-18(13)24-19(14)26/h1-9,25H,(H,23,24,26)/b14-4+. The number of carbonyl (C=O) groups excluding carboxylic acids is 1. The van der Waals surface area contributed by atoms with E-state index < -0.39 is 0 Å². The van der Waals surface area contributed by atoms with E-state index in [1.165, 1.54) is 0 Å². The molecule has 0 unspecified atom stereocenters. The number of anilines is 1. The van der Waals surface area contributed by atoms with E-state index in [1.54, 1.807) is 36.8 Å². The topological polar surface area (TPSA) is 75.1 Å². The van der Waals surface area contributed by atoms with Crippen molar-refractivity contribution in [3.8, 4) is 16.9 Å². The van der Waals surface area contributed by atoms with Crippen LogP contribution in [0.25, 0.3) is 22.8 Å². The quantitative estimate of drug-likeness (QED) is 0.522. The van der Waals surface area contributed by atoms with Crippen LogP contribution in [0, 0.1) is 0 Å². The van der Waals surface area contributed by atoms with Crippen molar-refractivity contribution in [1.29, 1.82) is 0 Å². The first-order valence-corrected chi connectivity index (χ1v) is 9.23. The van der Waals surface area contributed by atoms with Gasteiger partial charge in [-0.25, -0.2) is 4.98 Å². The number of aromatic hydroxyl groups is 1. The van der Waals surface area contributed by atoms with Gasteiger partial charge in [-0.05, 0) is 67.8 Å². The average Bonchev–Trinajstić information content (AvgIpc) is 2.95. The minimum absolute atomic E-state index is 0.115. The largest absolute Gasteiger partial charge is 0.506 e. The fourth-order valence-corrected chi connectivity index (χ4v) is 3.96. The molecule has 0 bridgehead atoms. The van der Waals surface area contributed by atoms with E-state index in [1.807, 2.05) is 18.2 Å². The van der Waals surface area contributed by atoms with Crippen LogP contribution in [0.3, 0.4) is 0 Å². The molecule has 0 aliphatic carbocycles. The third-order valence-electron chi connectivity index (χ3n) is 4.00. The summed E-state index contributed by atoms with van der Waals surface area (Å²) in [5.74, 6) is 0.436. The first-order valence-electron chi connectivity index (χ1n) is 7.65. The van der Waals surface area contributed by atoms with Crippen LogP contribution in [0.15, 0.2) is 57.9 Å². The van der Waals surface area contributed by atoms with Crippen LogP contribution in [0.4, 0.5) is 5.82 Å².